The molecule has 0 saturated heterocycles. The lowest BCUT2D eigenvalue weighted by atomic mass is 9.93. The number of aliphatic hydroxyl groups is 3. The van der Waals surface area contributed by atoms with Crippen molar-refractivity contribution in [2.45, 2.75) is 97.4 Å². The van der Waals surface area contributed by atoms with Gasteiger partial charge in [0.1, 0.15) is 70.1 Å². The highest BCUT2D eigenvalue weighted by atomic mass is 16.6. The molecule has 3 heterocycles. The van der Waals surface area contributed by atoms with Gasteiger partial charge in [-0.25, -0.2) is 0 Å². The summed E-state index contributed by atoms with van der Waals surface area (Å²) in [6.07, 6.45) is -5.25. The molecule has 24 heteroatoms. The summed E-state index contributed by atoms with van der Waals surface area (Å²) >= 11 is 0. The van der Waals surface area contributed by atoms with Gasteiger partial charge < -0.3 is 88.6 Å². The van der Waals surface area contributed by atoms with Crippen molar-refractivity contribution >= 4 is 35.8 Å². The number of carbonyl (C=O) groups is 6. The van der Waals surface area contributed by atoms with Crippen molar-refractivity contribution in [3.05, 3.63) is 124 Å². The first-order valence-electron chi connectivity index (χ1n) is 24.4. The quantitative estimate of drug-likeness (QED) is 0.0458. The van der Waals surface area contributed by atoms with E-state index in [0.717, 1.165) is 0 Å². The van der Waals surface area contributed by atoms with Crippen LogP contribution in [0.3, 0.4) is 0 Å². The molecule has 3 unspecified atom stereocenters. The average molecular weight is 1120 g/mol. The number of rotatable bonds is 9. The minimum atomic E-state index is -1.07. The number of aliphatic hydroxyl groups excluding tert-OH is 3. The number of carbonyl (C=O) groups excluding carboxylic acids is 6. The number of phenols is 6. The van der Waals surface area contributed by atoms with Gasteiger partial charge in [-0.1, -0.05) is 18.2 Å². The Balaban J connectivity index is 0.000000179. The van der Waals surface area contributed by atoms with Gasteiger partial charge in [0.25, 0.3) is 0 Å². The molecule has 6 atom stereocenters. The van der Waals surface area contributed by atoms with Crippen molar-refractivity contribution in [2.75, 3.05) is 0 Å². The Morgan fingerprint density at radius 2 is 0.704 bits per heavy atom. The van der Waals surface area contributed by atoms with Crippen molar-refractivity contribution < 1.29 is 117 Å². The number of aromatic hydroxyl groups is 6. The Hall–Kier alpha value is -9.78. The molecule has 0 saturated carbocycles. The second-order valence-electron chi connectivity index (χ2n) is 18.4. The smallest absolute Gasteiger partial charge is 0.308 e. The minimum absolute atomic E-state index is 0.00977. The van der Waals surface area contributed by atoms with Crippen LogP contribution >= 0.6 is 0 Å². The van der Waals surface area contributed by atoms with E-state index in [0.29, 0.717) is 33.4 Å². The molecule has 0 fully saturated rings. The van der Waals surface area contributed by atoms with E-state index in [2.05, 4.69) is 0 Å². The van der Waals surface area contributed by atoms with Crippen molar-refractivity contribution in [3.63, 3.8) is 0 Å². The van der Waals surface area contributed by atoms with Crippen LogP contribution in [0.15, 0.2) is 91.0 Å². The lowest BCUT2D eigenvalue weighted by Gasteiger charge is -2.32. The molecular weight excluding hydrogens is 1070 g/mol. The van der Waals surface area contributed by atoms with Crippen molar-refractivity contribution in [2.24, 2.45) is 0 Å². The van der Waals surface area contributed by atoms with Crippen molar-refractivity contribution in [1.82, 2.24) is 0 Å². The fraction of sp³-hybridized carbons (Fsp3) is 0.263. The maximum absolute atomic E-state index is 11.5. The molecule has 9 rings (SSSR count). The SMILES string of the molecule is CC(=O)Oc1cc(OC(C)=O)c2c(c1)OC(c1ccc(OC(C)=O)c(OC(C)=O)c1)[C@H](O)C2.CC(=O)Oc1ccc(C2Oc3cc(O)cc(O)c3C[C@H]2O)cc1OC(C)=O.Oc1cc(O)c2c(c1)OC(c1ccc(O)c(O)c1)[C@H](O)C2. The summed E-state index contributed by atoms with van der Waals surface area (Å²) in [7, 11) is 0. The molecule has 0 amide bonds. The van der Waals surface area contributed by atoms with Gasteiger partial charge in [0, 0.05) is 114 Å². The van der Waals surface area contributed by atoms with Crippen LogP contribution in [-0.4, -0.2) is 100 Å². The van der Waals surface area contributed by atoms with Crippen molar-refractivity contribution in [1.29, 1.82) is 0 Å². The summed E-state index contributed by atoms with van der Waals surface area (Å²) in [6, 6.07) is 20.8. The minimum Gasteiger partial charge on any atom is -0.508 e. The summed E-state index contributed by atoms with van der Waals surface area (Å²) in [4.78, 5) is 68.3. The van der Waals surface area contributed by atoms with Crippen LogP contribution in [0.1, 0.15) is 93.2 Å². The molecule has 6 aromatic carbocycles. The fourth-order valence-corrected chi connectivity index (χ4v) is 8.76. The molecule has 3 aliphatic heterocycles. The van der Waals surface area contributed by atoms with E-state index in [-0.39, 0.29) is 106 Å². The van der Waals surface area contributed by atoms with Gasteiger partial charge in [-0.3, -0.25) is 28.8 Å². The summed E-state index contributed by atoms with van der Waals surface area (Å²) in [5.74, 6) is -3.79. The Bertz CT molecular complexity index is 3420. The van der Waals surface area contributed by atoms with Crippen LogP contribution in [0.2, 0.25) is 0 Å². The number of hydrogen-bond acceptors (Lipinski definition) is 24. The van der Waals surface area contributed by atoms with Gasteiger partial charge >= 0.3 is 35.8 Å². The lowest BCUT2D eigenvalue weighted by Crippen LogP contribution is -2.31. The van der Waals surface area contributed by atoms with Gasteiger partial charge in [0.2, 0.25) is 0 Å². The van der Waals surface area contributed by atoms with Gasteiger partial charge in [0.15, 0.2) is 34.5 Å². The van der Waals surface area contributed by atoms with E-state index in [1.807, 2.05) is 0 Å². The standard InChI is InChI=1S/C23H22O10.C19H18O8.C15H14O6/c1-11(24)29-16-8-20(31-13(3)26)17-10-18(28)23(33-21(17)9-16)15-5-6-19(30-12(2)25)22(7-15)32-14(4)27;1-9(20)25-16-4-3-11(5-18(16)26-10(2)21)19-15(24)8-13-14(23)6-12(22)7-17(13)27-19;16-8-4-11(18)9-6-13(20)15(21-14(9)5-8)7-1-2-10(17)12(19)3-7/h5-9,18,23,28H,10H2,1-4H3;3-7,15,19,22-24H,8H2,1-2H3;1-5,13,15-20H,6H2/t18-,23?;15-,19?;13-,15?/m111/s1. The molecule has 0 bridgehead atoms. The highest BCUT2D eigenvalue weighted by molar-refractivity contribution is 5.76. The first-order chi connectivity index (χ1) is 38.2. The molecule has 426 valence electrons. The number of fused-ring (bicyclic) bond motifs is 3. The van der Waals surface area contributed by atoms with E-state index in [9.17, 15) is 74.7 Å². The Labute approximate surface area is 460 Å². The molecule has 24 nitrogen and oxygen atoms in total. The molecular formula is C57H54O24. The van der Waals surface area contributed by atoms with Crippen LogP contribution in [0, 0.1) is 0 Å². The van der Waals surface area contributed by atoms with Gasteiger partial charge in [0.05, 0.1) is 18.3 Å². The third kappa shape index (κ3) is 14.7. The molecule has 6 aromatic rings. The lowest BCUT2D eigenvalue weighted by molar-refractivity contribution is -0.134. The second-order valence-corrected chi connectivity index (χ2v) is 18.4. The number of esters is 6. The Morgan fingerprint density at radius 3 is 1.10 bits per heavy atom. The zero-order valence-electron chi connectivity index (χ0n) is 43.9. The van der Waals surface area contributed by atoms with Gasteiger partial charge in [-0.05, 0) is 53.1 Å². The molecule has 81 heavy (non-hydrogen) atoms. The first kappa shape index (κ1) is 58.9. The van der Waals surface area contributed by atoms with Crippen LogP contribution in [-0.2, 0) is 48.0 Å². The molecule has 0 radical (unpaired) electrons. The largest absolute Gasteiger partial charge is 0.508 e. The average Bonchev–Trinajstić information content (AvgIpc) is 3.49. The second kappa shape index (κ2) is 24.9. The highest BCUT2D eigenvalue weighted by Crippen LogP contribution is 2.47. The van der Waals surface area contributed by atoms with Gasteiger partial charge in [-0.2, -0.15) is 0 Å². The molecule has 0 spiro atoms. The van der Waals surface area contributed by atoms with Crippen molar-refractivity contribution in [3.8, 4) is 86.2 Å². The summed E-state index contributed by atoms with van der Waals surface area (Å²) in [6.45, 7) is 7.26. The van der Waals surface area contributed by atoms with Gasteiger partial charge in [-0.15, -0.1) is 0 Å². The molecule has 3 aliphatic rings. The maximum Gasteiger partial charge on any atom is 0.308 e. The summed E-state index contributed by atoms with van der Waals surface area (Å²) in [5.41, 5.74) is 2.58. The molecule has 9 N–H and O–H groups in total. The first-order valence-corrected chi connectivity index (χ1v) is 24.4. The third-order valence-electron chi connectivity index (χ3n) is 12.0. The number of hydrogen-bond donors (Lipinski definition) is 9. The van der Waals surface area contributed by atoms with Crippen LogP contribution < -0.4 is 42.6 Å². The van der Waals surface area contributed by atoms with E-state index in [4.69, 9.17) is 42.6 Å². The predicted octanol–water partition coefficient (Wildman–Crippen LogP) is 5.96. The van der Waals surface area contributed by atoms with Crippen LogP contribution in [0.4, 0.5) is 0 Å². The zero-order chi connectivity index (χ0) is 59.1. The van der Waals surface area contributed by atoms with E-state index < -0.39 is 72.4 Å². The summed E-state index contributed by atoms with van der Waals surface area (Å²) in [5, 5.41) is 89.1. The number of ether oxygens (including phenoxy) is 9. The normalized spacial score (nSPS) is 18.2. The van der Waals surface area contributed by atoms with E-state index in [1.165, 1.54) is 120 Å². The Morgan fingerprint density at radius 1 is 0.358 bits per heavy atom. The predicted molar refractivity (Wildman–Crippen MR) is 276 cm³/mol. The summed E-state index contributed by atoms with van der Waals surface area (Å²) < 4.78 is 48.0. The fourth-order valence-electron chi connectivity index (χ4n) is 8.76. The topological polar surface area (TPSA) is 368 Å². The number of benzene rings is 6. The zero-order valence-corrected chi connectivity index (χ0v) is 43.9. The highest BCUT2D eigenvalue weighted by Gasteiger charge is 2.36. The molecule has 0 aromatic heterocycles. The maximum atomic E-state index is 11.5. The van der Waals surface area contributed by atoms with Crippen LogP contribution in [0.25, 0.3) is 0 Å². The molecule has 0 aliphatic carbocycles. The van der Waals surface area contributed by atoms with E-state index in [1.54, 1.807) is 12.1 Å². The monoisotopic (exact) mass is 1120 g/mol. The Kier molecular flexibility index (Phi) is 18.1. The van der Waals surface area contributed by atoms with E-state index >= 15 is 0 Å². The number of phenolic OH excluding ortho intramolecular Hbond substituents is 6. The van der Waals surface area contributed by atoms with Crippen LogP contribution in [0.5, 0.6) is 86.2 Å². The third-order valence-corrected chi connectivity index (χ3v) is 12.0.